The lowest BCUT2D eigenvalue weighted by atomic mass is 9.89. The van der Waals surface area contributed by atoms with Gasteiger partial charge in [-0.05, 0) is 63.2 Å². The number of nitrogens with one attached hydrogen (secondary N) is 4. The van der Waals surface area contributed by atoms with Gasteiger partial charge in [0.15, 0.2) is 0 Å². The molecule has 1 aliphatic carbocycles. The molecule has 0 aromatic heterocycles. The molecule has 3 aliphatic rings. The first-order chi connectivity index (χ1) is 21.3. The number of hydrogen-bond donors (Lipinski definition) is 4. The molecule has 2 aliphatic heterocycles. The molecule has 0 radical (unpaired) electrons. The third kappa shape index (κ3) is 10.5. The summed E-state index contributed by atoms with van der Waals surface area (Å²) in [5.41, 5.74) is -0.694. The number of carbonyl (C=O) groups excluding carboxylic acids is 6. The number of hydrogen-bond acceptors (Lipinski definition) is 7. The van der Waals surface area contributed by atoms with E-state index in [-0.39, 0.29) is 36.0 Å². The fourth-order valence-electron chi connectivity index (χ4n) is 6.45. The monoisotopic (exact) mass is 633 g/mol. The van der Waals surface area contributed by atoms with Crippen LogP contribution in [0.5, 0.6) is 0 Å². The summed E-state index contributed by atoms with van der Waals surface area (Å²) in [5, 5.41) is 11.3. The molecular weight excluding hydrogens is 578 g/mol. The van der Waals surface area contributed by atoms with Gasteiger partial charge in [-0.25, -0.2) is 0 Å². The summed E-state index contributed by atoms with van der Waals surface area (Å²) in [4.78, 5) is 81.3. The largest absolute Gasteiger partial charge is 0.381 e. The molecule has 0 unspecified atom stereocenters. The summed E-state index contributed by atoms with van der Waals surface area (Å²) in [7, 11) is 1.56. The Bertz CT molecular complexity index is 1060. The van der Waals surface area contributed by atoms with E-state index in [1.807, 2.05) is 6.92 Å². The summed E-state index contributed by atoms with van der Waals surface area (Å²) < 4.78 is 5.37. The van der Waals surface area contributed by atoms with Crippen molar-refractivity contribution in [3.05, 3.63) is 0 Å². The molecule has 12 nitrogen and oxygen atoms in total. The van der Waals surface area contributed by atoms with Crippen molar-refractivity contribution in [2.24, 2.45) is 23.2 Å². The Labute approximate surface area is 267 Å². The van der Waals surface area contributed by atoms with Gasteiger partial charge in [0.1, 0.15) is 12.1 Å². The minimum atomic E-state index is -1.23. The fourth-order valence-corrected chi connectivity index (χ4v) is 6.45. The molecular formula is C33H55N5O7. The van der Waals surface area contributed by atoms with Crippen LogP contribution in [0.25, 0.3) is 0 Å². The van der Waals surface area contributed by atoms with Crippen molar-refractivity contribution in [1.29, 1.82) is 0 Å². The second kappa shape index (κ2) is 17.1. The number of nitrogens with zero attached hydrogens (tertiary/aromatic N) is 1. The number of rotatable bonds is 14. The zero-order valence-electron chi connectivity index (χ0n) is 27.9. The van der Waals surface area contributed by atoms with Crippen molar-refractivity contribution < 1.29 is 33.5 Å². The Balaban J connectivity index is 1.78. The number of carbonyl (C=O) groups is 6. The Kier molecular flexibility index (Phi) is 13.8. The molecule has 12 heteroatoms. The first-order valence-corrected chi connectivity index (χ1v) is 16.9. The van der Waals surface area contributed by atoms with Gasteiger partial charge in [-0.1, -0.05) is 47.0 Å². The van der Waals surface area contributed by atoms with Crippen molar-refractivity contribution in [3.8, 4) is 0 Å². The second-order valence-electron chi connectivity index (χ2n) is 14.1. The van der Waals surface area contributed by atoms with Crippen LogP contribution in [0.4, 0.5) is 0 Å². The van der Waals surface area contributed by atoms with Crippen LogP contribution in [-0.4, -0.2) is 91.7 Å². The lowest BCUT2D eigenvalue weighted by molar-refractivity contribution is -0.145. The average Bonchev–Trinajstić information content (AvgIpc) is 3.55. The molecule has 4 N–H and O–H groups in total. The molecule has 254 valence electrons. The van der Waals surface area contributed by atoms with E-state index in [9.17, 15) is 28.8 Å². The Morgan fingerprint density at radius 1 is 0.978 bits per heavy atom. The van der Waals surface area contributed by atoms with E-state index < -0.39 is 47.1 Å². The smallest absolute Gasteiger partial charge is 0.289 e. The van der Waals surface area contributed by atoms with Gasteiger partial charge in [0, 0.05) is 44.7 Å². The lowest BCUT2D eigenvalue weighted by Crippen LogP contribution is -2.59. The van der Waals surface area contributed by atoms with Crippen LogP contribution in [-0.2, 0) is 33.5 Å². The van der Waals surface area contributed by atoms with E-state index in [0.717, 1.165) is 44.9 Å². The summed E-state index contributed by atoms with van der Waals surface area (Å²) in [6, 6.07) is -2.93. The fraction of sp³-hybridized carbons (Fsp3) is 0.818. The van der Waals surface area contributed by atoms with Gasteiger partial charge >= 0.3 is 0 Å². The van der Waals surface area contributed by atoms with Crippen molar-refractivity contribution in [3.63, 3.8) is 0 Å². The molecule has 1 saturated carbocycles. The van der Waals surface area contributed by atoms with Crippen molar-refractivity contribution in [1.82, 2.24) is 26.2 Å². The van der Waals surface area contributed by atoms with Crippen LogP contribution in [0.1, 0.15) is 98.3 Å². The molecule has 0 spiro atoms. The summed E-state index contributed by atoms with van der Waals surface area (Å²) in [6.07, 6.45) is 7.29. The van der Waals surface area contributed by atoms with Crippen LogP contribution in [0.2, 0.25) is 0 Å². The maximum absolute atomic E-state index is 14.0. The molecule has 0 bridgehead atoms. The van der Waals surface area contributed by atoms with Gasteiger partial charge in [-0.15, -0.1) is 0 Å². The highest BCUT2D eigenvalue weighted by Gasteiger charge is 2.40. The minimum absolute atomic E-state index is 0.00998. The topological polar surface area (TPSA) is 163 Å². The van der Waals surface area contributed by atoms with Crippen LogP contribution in [0.15, 0.2) is 0 Å². The number of amides is 5. The zero-order chi connectivity index (χ0) is 33.1. The highest BCUT2D eigenvalue weighted by Crippen LogP contribution is 2.30. The number of likely N-dealkylation sites (N-methyl/N-ethyl adjacent to an activating group) is 1. The number of ether oxygens (including phenoxy) is 1. The quantitative estimate of drug-likeness (QED) is 0.212. The van der Waals surface area contributed by atoms with Crippen LogP contribution in [0.3, 0.4) is 0 Å². The molecule has 0 aromatic carbocycles. The standard InChI is InChI=1S/C33H55N5O7/c1-6-10-25(38(5)31(43)26(22-11-7-8-12-22)37-32(44)33(2,3)4)29(41)36-24(19-23-13-9-16-34-28(23)40)27(39)30(42)35-20-21-14-17-45-18-15-21/h21-26H,6-20H2,1-5H3,(H,34,40)(H,35,42)(H,36,41)(H,37,44)/t23-,24-,25-,26+/m0/s1. The van der Waals surface area contributed by atoms with E-state index in [4.69, 9.17) is 4.74 Å². The number of Topliss-reactive ketones (excluding diaryl/α,β-unsaturated/α-hetero) is 1. The maximum Gasteiger partial charge on any atom is 0.289 e. The summed E-state index contributed by atoms with van der Waals surface area (Å²) in [6.45, 7) is 9.36. The predicted octanol–water partition coefficient (Wildman–Crippen LogP) is 1.85. The molecule has 45 heavy (non-hydrogen) atoms. The van der Waals surface area contributed by atoms with Gasteiger partial charge in [-0.3, -0.25) is 28.8 Å². The average molecular weight is 634 g/mol. The number of piperidine rings is 1. The second-order valence-corrected chi connectivity index (χ2v) is 14.1. The van der Waals surface area contributed by atoms with E-state index in [1.165, 1.54) is 4.90 Å². The van der Waals surface area contributed by atoms with Crippen molar-refractivity contribution in [2.45, 2.75) is 116 Å². The molecule has 2 saturated heterocycles. The summed E-state index contributed by atoms with van der Waals surface area (Å²) in [5.74, 6) is -3.32. The first kappa shape index (κ1) is 36.4. The highest BCUT2D eigenvalue weighted by atomic mass is 16.5. The number of ketones is 1. The van der Waals surface area contributed by atoms with Gasteiger partial charge in [0.25, 0.3) is 5.91 Å². The molecule has 3 rings (SSSR count). The van der Waals surface area contributed by atoms with Crippen molar-refractivity contribution in [2.75, 3.05) is 33.4 Å². The molecule has 5 amide bonds. The van der Waals surface area contributed by atoms with Gasteiger partial charge in [-0.2, -0.15) is 0 Å². The van der Waals surface area contributed by atoms with E-state index >= 15 is 0 Å². The van der Waals surface area contributed by atoms with Gasteiger partial charge in [0.2, 0.25) is 29.4 Å². The van der Waals surface area contributed by atoms with E-state index in [0.29, 0.717) is 45.6 Å². The molecule has 2 heterocycles. The third-order valence-corrected chi connectivity index (χ3v) is 9.45. The van der Waals surface area contributed by atoms with Crippen molar-refractivity contribution >= 4 is 35.3 Å². The highest BCUT2D eigenvalue weighted by molar-refractivity contribution is 6.38. The maximum atomic E-state index is 14.0. The van der Waals surface area contributed by atoms with Gasteiger partial charge in [0.05, 0.1) is 6.04 Å². The van der Waals surface area contributed by atoms with Crippen LogP contribution >= 0.6 is 0 Å². The van der Waals surface area contributed by atoms with E-state index in [2.05, 4.69) is 21.3 Å². The molecule has 4 atom stereocenters. The molecule has 3 fully saturated rings. The van der Waals surface area contributed by atoms with Crippen LogP contribution < -0.4 is 21.3 Å². The first-order valence-electron chi connectivity index (χ1n) is 16.9. The van der Waals surface area contributed by atoms with Gasteiger partial charge < -0.3 is 30.9 Å². The summed E-state index contributed by atoms with van der Waals surface area (Å²) >= 11 is 0. The minimum Gasteiger partial charge on any atom is -0.381 e. The Morgan fingerprint density at radius 2 is 1.64 bits per heavy atom. The van der Waals surface area contributed by atoms with Crippen LogP contribution in [0, 0.1) is 23.2 Å². The van der Waals surface area contributed by atoms with E-state index in [1.54, 1.807) is 27.8 Å². The Morgan fingerprint density at radius 3 is 2.24 bits per heavy atom. The Hall–Kier alpha value is -3.02. The lowest BCUT2D eigenvalue weighted by Gasteiger charge is -2.35. The predicted molar refractivity (Wildman–Crippen MR) is 169 cm³/mol. The molecule has 0 aromatic rings. The normalized spacial score (nSPS) is 21.6. The third-order valence-electron chi connectivity index (χ3n) is 9.45. The SMILES string of the molecule is CCC[C@@H](C(=O)N[C@@H](C[C@@H]1CCCNC1=O)C(=O)C(=O)NCC1CCOCC1)N(C)C(=O)[C@H](NC(=O)C(C)(C)C)C1CCCC1. The zero-order valence-corrected chi connectivity index (χ0v) is 27.9.